The van der Waals surface area contributed by atoms with E-state index in [0.717, 1.165) is 31.2 Å². The highest BCUT2D eigenvalue weighted by Gasteiger charge is 2.46. The maximum absolute atomic E-state index is 12.6. The molecule has 4 nitrogen and oxygen atoms in total. The minimum atomic E-state index is -0.956. The summed E-state index contributed by atoms with van der Waals surface area (Å²) in [6.07, 6.45) is 3.79. The quantitative estimate of drug-likeness (QED) is 0.838. The number of amides is 1. The molecule has 1 amide bonds. The van der Waals surface area contributed by atoms with Crippen molar-refractivity contribution in [2.75, 3.05) is 0 Å². The van der Waals surface area contributed by atoms with Gasteiger partial charge in [-0.25, -0.2) is 4.79 Å². The van der Waals surface area contributed by atoms with Crippen LogP contribution in [0, 0.1) is 0 Å². The fourth-order valence-electron chi connectivity index (χ4n) is 2.78. The Bertz CT molecular complexity index is 480. The molecular formula is C16H21NO3. The van der Waals surface area contributed by atoms with Crippen LogP contribution < -0.4 is 5.32 Å². The van der Waals surface area contributed by atoms with Crippen LogP contribution >= 0.6 is 0 Å². The second-order valence-electron chi connectivity index (χ2n) is 5.45. The summed E-state index contributed by atoms with van der Waals surface area (Å²) in [4.78, 5) is 23.7. The highest BCUT2D eigenvalue weighted by molar-refractivity contribution is 5.92. The van der Waals surface area contributed by atoms with Crippen LogP contribution in [0.5, 0.6) is 0 Å². The zero-order valence-corrected chi connectivity index (χ0v) is 11.8. The molecule has 2 N–H and O–H groups in total. The van der Waals surface area contributed by atoms with E-state index in [1.54, 1.807) is 0 Å². The fraction of sp³-hybridized carbons (Fsp3) is 0.500. The van der Waals surface area contributed by atoms with Crippen molar-refractivity contribution in [1.29, 1.82) is 0 Å². The summed E-state index contributed by atoms with van der Waals surface area (Å²) in [5.74, 6) is -1.10. The first-order chi connectivity index (χ1) is 9.60. The van der Waals surface area contributed by atoms with E-state index in [4.69, 9.17) is 5.11 Å². The van der Waals surface area contributed by atoms with Gasteiger partial charge in [0.25, 0.3) is 0 Å². The van der Waals surface area contributed by atoms with Crippen LogP contribution in [0.15, 0.2) is 30.3 Å². The number of carbonyl (C=O) groups is 2. The van der Waals surface area contributed by atoms with Crippen molar-refractivity contribution in [3.05, 3.63) is 35.9 Å². The Balaban J connectivity index is 2.16. The van der Waals surface area contributed by atoms with Gasteiger partial charge in [-0.05, 0) is 24.8 Å². The first-order valence-corrected chi connectivity index (χ1v) is 7.19. The smallest absolute Gasteiger partial charge is 0.326 e. The predicted molar refractivity (Wildman–Crippen MR) is 76.4 cm³/mol. The van der Waals surface area contributed by atoms with Gasteiger partial charge >= 0.3 is 5.97 Å². The van der Waals surface area contributed by atoms with Crippen LogP contribution in [-0.4, -0.2) is 23.0 Å². The van der Waals surface area contributed by atoms with Gasteiger partial charge in [-0.2, -0.15) is 0 Å². The van der Waals surface area contributed by atoms with Crippen molar-refractivity contribution < 1.29 is 14.7 Å². The SMILES string of the molecule is CCC[C@@H](NC(=O)C1(c2ccccc2)CCC1)C(=O)O. The van der Waals surface area contributed by atoms with E-state index in [2.05, 4.69) is 5.32 Å². The maximum atomic E-state index is 12.6. The van der Waals surface area contributed by atoms with E-state index < -0.39 is 17.4 Å². The summed E-state index contributed by atoms with van der Waals surface area (Å²) in [7, 11) is 0. The number of nitrogens with one attached hydrogen (secondary N) is 1. The summed E-state index contributed by atoms with van der Waals surface area (Å²) in [6, 6.07) is 8.88. The average Bonchev–Trinajstić information content (AvgIpc) is 2.38. The molecule has 108 valence electrons. The summed E-state index contributed by atoms with van der Waals surface area (Å²) in [6.45, 7) is 1.92. The molecule has 1 aliphatic carbocycles. The first kappa shape index (κ1) is 14.6. The molecule has 0 saturated heterocycles. The molecule has 0 radical (unpaired) electrons. The number of carboxylic acid groups (broad SMARTS) is 1. The second-order valence-corrected chi connectivity index (χ2v) is 5.45. The van der Waals surface area contributed by atoms with E-state index in [-0.39, 0.29) is 5.91 Å². The topological polar surface area (TPSA) is 66.4 Å². The van der Waals surface area contributed by atoms with E-state index >= 15 is 0 Å². The average molecular weight is 275 g/mol. The molecule has 0 unspecified atom stereocenters. The Hall–Kier alpha value is -1.84. The molecule has 0 aliphatic heterocycles. The number of carboxylic acids is 1. The molecular weight excluding hydrogens is 254 g/mol. The van der Waals surface area contributed by atoms with Crippen molar-refractivity contribution in [1.82, 2.24) is 5.32 Å². The largest absolute Gasteiger partial charge is 0.480 e. The monoisotopic (exact) mass is 275 g/mol. The molecule has 0 bridgehead atoms. The third kappa shape index (κ3) is 2.69. The highest BCUT2D eigenvalue weighted by atomic mass is 16.4. The minimum Gasteiger partial charge on any atom is -0.480 e. The van der Waals surface area contributed by atoms with Gasteiger partial charge in [-0.3, -0.25) is 4.79 Å². The van der Waals surface area contributed by atoms with Crippen molar-refractivity contribution in [2.24, 2.45) is 0 Å². The predicted octanol–water partition coefficient (Wildman–Crippen LogP) is 2.48. The molecule has 1 aromatic carbocycles. The minimum absolute atomic E-state index is 0.143. The van der Waals surface area contributed by atoms with Crippen LogP contribution in [0.3, 0.4) is 0 Å². The van der Waals surface area contributed by atoms with Gasteiger partial charge in [0.05, 0.1) is 5.41 Å². The van der Waals surface area contributed by atoms with Gasteiger partial charge < -0.3 is 10.4 Å². The van der Waals surface area contributed by atoms with Crippen molar-refractivity contribution in [3.63, 3.8) is 0 Å². The molecule has 1 aromatic rings. The lowest BCUT2D eigenvalue weighted by Gasteiger charge is -2.41. The van der Waals surface area contributed by atoms with Crippen molar-refractivity contribution >= 4 is 11.9 Å². The number of rotatable bonds is 6. The molecule has 0 heterocycles. The third-order valence-electron chi connectivity index (χ3n) is 4.15. The van der Waals surface area contributed by atoms with Gasteiger partial charge in [-0.1, -0.05) is 50.1 Å². The highest BCUT2D eigenvalue weighted by Crippen LogP contribution is 2.43. The molecule has 0 aromatic heterocycles. The molecule has 1 saturated carbocycles. The molecule has 1 aliphatic rings. The number of hydrogen-bond acceptors (Lipinski definition) is 2. The third-order valence-corrected chi connectivity index (χ3v) is 4.15. The van der Waals surface area contributed by atoms with Crippen LogP contribution in [-0.2, 0) is 15.0 Å². The number of hydrogen-bond donors (Lipinski definition) is 2. The summed E-state index contributed by atoms with van der Waals surface area (Å²) in [5, 5.41) is 11.9. The van der Waals surface area contributed by atoms with Crippen molar-refractivity contribution in [2.45, 2.75) is 50.5 Å². The van der Waals surface area contributed by atoms with E-state index in [9.17, 15) is 9.59 Å². The Kier molecular flexibility index (Phi) is 4.42. The molecule has 0 spiro atoms. The van der Waals surface area contributed by atoms with Gasteiger partial charge in [0.15, 0.2) is 0 Å². The standard InChI is InChI=1S/C16H21NO3/c1-2-7-13(14(18)19)17-15(20)16(10-6-11-16)12-8-4-3-5-9-12/h3-5,8-9,13H,2,6-7,10-11H2,1H3,(H,17,20)(H,18,19)/t13-/m1/s1. The maximum Gasteiger partial charge on any atom is 0.326 e. The molecule has 4 heteroatoms. The number of benzene rings is 1. The normalized spacial score (nSPS) is 17.9. The van der Waals surface area contributed by atoms with E-state index in [1.807, 2.05) is 37.3 Å². The lowest BCUT2D eigenvalue weighted by atomic mass is 9.63. The van der Waals surface area contributed by atoms with Gasteiger partial charge in [0.1, 0.15) is 6.04 Å². The molecule has 2 rings (SSSR count). The molecule has 1 fully saturated rings. The zero-order chi connectivity index (χ0) is 14.6. The Morgan fingerprint density at radius 1 is 1.30 bits per heavy atom. The second kappa shape index (κ2) is 6.07. The Morgan fingerprint density at radius 2 is 1.95 bits per heavy atom. The van der Waals surface area contributed by atoms with Crippen LogP contribution in [0.4, 0.5) is 0 Å². The van der Waals surface area contributed by atoms with Crippen LogP contribution in [0.2, 0.25) is 0 Å². The first-order valence-electron chi connectivity index (χ1n) is 7.19. The van der Waals surface area contributed by atoms with E-state index in [0.29, 0.717) is 6.42 Å². The van der Waals surface area contributed by atoms with Crippen molar-refractivity contribution in [3.8, 4) is 0 Å². The lowest BCUT2D eigenvalue weighted by Crippen LogP contribution is -2.53. The summed E-state index contributed by atoms with van der Waals surface area (Å²) >= 11 is 0. The van der Waals surface area contributed by atoms with Crippen LogP contribution in [0.1, 0.15) is 44.6 Å². The van der Waals surface area contributed by atoms with Gasteiger partial charge in [0.2, 0.25) is 5.91 Å². The molecule has 1 atom stereocenters. The lowest BCUT2D eigenvalue weighted by molar-refractivity contribution is -0.143. The summed E-state index contributed by atoms with van der Waals surface area (Å²) in [5.41, 5.74) is 0.465. The number of aliphatic carboxylic acids is 1. The zero-order valence-electron chi connectivity index (χ0n) is 11.8. The number of carbonyl (C=O) groups excluding carboxylic acids is 1. The Labute approximate surface area is 119 Å². The molecule has 20 heavy (non-hydrogen) atoms. The Morgan fingerprint density at radius 3 is 2.40 bits per heavy atom. The van der Waals surface area contributed by atoms with Gasteiger partial charge in [0, 0.05) is 0 Å². The summed E-state index contributed by atoms with van der Waals surface area (Å²) < 4.78 is 0. The van der Waals surface area contributed by atoms with Gasteiger partial charge in [-0.15, -0.1) is 0 Å². The fourth-order valence-corrected chi connectivity index (χ4v) is 2.78. The van der Waals surface area contributed by atoms with Crippen LogP contribution in [0.25, 0.3) is 0 Å². The van der Waals surface area contributed by atoms with E-state index in [1.165, 1.54) is 0 Å².